The second-order valence-corrected chi connectivity index (χ2v) is 4.09. The van der Waals surface area contributed by atoms with Crippen LogP contribution in [0, 0.1) is 20.2 Å². The molecule has 0 aromatic carbocycles. The van der Waals surface area contributed by atoms with Crippen LogP contribution in [0.1, 0.15) is 0 Å². The van der Waals surface area contributed by atoms with E-state index in [-0.39, 0.29) is 91.5 Å². The van der Waals surface area contributed by atoms with E-state index in [1.807, 2.05) is 24.3 Å². The fourth-order valence-electron chi connectivity index (χ4n) is 0.949. The van der Waals surface area contributed by atoms with Crippen molar-refractivity contribution in [1.29, 1.82) is 0 Å². The fraction of sp³-hybridized carbons (Fsp3) is 0. The molecule has 2 rings (SSSR count). The summed E-state index contributed by atoms with van der Waals surface area (Å²) in [5.41, 5.74) is 0. The summed E-state index contributed by atoms with van der Waals surface area (Å²) in [6.45, 7) is 0. The molecule has 14 N–H and O–H groups in total. The molecule has 2 aromatic heterocycles. The molecule has 0 saturated carbocycles. The molecule has 2 aromatic rings. The molecule has 180 valence electrons. The van der Waals surface area contributed by atoms with Crippen LogP contribution in [-0.4, -0.2) is 30.6 Å². The van der Waals surface area contributed by atoms with Gasteiger partial charge in [-0.05, 0) is 24.3 Å². The van der Waals surface area contributed by atoms with Crippen LogP contribution in [0.2, 0.25) is 0 Å². The molecule has 0 aliphatic carbocycles. The summed E-state index contributed by atoms with van der Waals surface area (Å²) in [4.78, 5) is 27.0. The van der Waals surface area contributed by atoms with Crippen molar-refractivity contribution in [3.05, 3.63) is 69.3 Å². The van der Waals surface area contributed by atoms with E-state index >= 15 is 0 Å². The van der Waals surface area contributed by atoms with E-state index in [2.05, 4.69) is 9.97 Å². The minimum atomic E-state index is -1.50. The monoisotopic (exact) mass is 844 g/mol. The number of hydrogen-bond acceptors (Lipinski definition) is 11. The second kappa shape index (κ2) is 37.6. The maximum Gasteiger partial charge on any atom is 0.291 e. The zero-order chi connectivity index (χ0) is 16.1. The van der Waals surface area contributed by atoms with Crippen molar-refractivity contribution in [3.63, 3.8) is 0 Å². The second-order valence-electron chi connectivity index (χ2n) is 2.94. The third-order valence-electron chi connectivity index (χ3n) is 1.54. The fourth-order valence-corrected chi connectivity index (χ4v) is 1.74. The number of pyridine rings is 2. The van der Waals surface area contributed by atoms with E-state index in [9.17, 15) is 0 Å². The first-order chi connectivity index (χ1) is 9.91. The van der Waals surface area contributed by atoms with Crippen LogP contribution in [0.4, 0.5) is 0 Å². The molecule has 0 aliphatic heterocycles. The van der Waals surface area contributed by atoms with Gasteiger partial charge in [0.25, 0.3) is 10.2 Å². The van der Waals surface area contributed by atoms with Crippen molar-refractivity contribution in [2.75, 3.05) is 0 Å². The average molecular weight is 845 g/mol. The molecule has 0 bridgehead atoms. The number of nitrogens with zero attached hydrogens (tertiary/aromatic N) is 4. The van der Waals surface area contributed by atoms with Crippen LogP contribution < -0.4 is 24.6 Å². The van der Waals surface area contributed by atoms with Crippen molar-refractivity contribution < 1.29 is 62.7 Å². The summed E-state index contributed by atoms with van der Waals surface area (Å²) in [5.74, 6) is 0. The zero-order valence-electron chi connectivity index (χ0n) is 14.6. The quantitative estimate of drug-likeness (QED) is 0.187. The smallest absolute Gasteiger partial charge is 0.291 e. The predicted octanol–water partition coefficient (Wildman–Crippen LogP) is 3.42. The third kappa shape index (κ3) is 46.7. The van der Waals surface area contributed by atoms with E-state index in [0.717, 1.165) is 0 Å². The Morgan fingerprint density at radius 2 is 0.862 bits per heavy atom. The third-order valence-corrected chi connectivity index (χ3v) is 2.55. The van der Waals surface area contributed by atoms with Crippen LogP contribution in [0.25, 0.3) is 0 Å². The summed E-state index contributed by atoms with van der Waals surface area (Å²) in [6, 6.07) is 7.96. The van der Waals surface area contributed by atoms with Gasteiger partial charge >= 0.3 is 0 Å². The normalized spacial score (nSPS) is 6.07. The van der Waals surface area contributed by atoms with Crippen molar-refractivity contribution in [3.8, 4) is 0 Å². The largest absolute Gasteiger partial charge is 0.344 e. The molecule has 0 atom stereocenters. The Labute approximate surface area is 211 Å². The summed E-state index contributed by atoms with van der Waals surface area (Å²) >= 11 is 1.71. The maximum atomic E-state index is 8.36. The van der Waals surface area contributed by atoms with Crippen molar-refractivity contribution in [2.45, 2.75) is 9.79 Å². The van der Waals surface area contributed by atoms with Crippen LogP contribution in [0.15, 0.2) is 58.8 Å². The Morgan fingerprint density at radius 3 is 1.03 bits per heavy atom. The van der Waals surface area contributed by atoms with Crippen LogP contribution in [0.3, 0.4) is 0 Å². The van der Waals surface area contributed by atoms with Gasteiger partial charge in [-0.15, -0.1) is 45.0 Å². The molecule has 0 amide bonds. The Bertz CT molecular complexity index is 513. The molecular weight excluding hydrogens is 821 g/mol. The predicted molar refractivity (Wildman–Crippen MR) is 105 cm³/mol. The van der Waals surface area contributed by atoms with Gasteiger partial charge in [0.2, 0.25) is 0 Å². The van der Waals surface area contributed by atoms with Gasteiger partial charge in [-0.25, -0.2) is 0 Å². The molecule has 0 spiro atoms. The molecule has 0 aliphatic rings. The van der Waals surface area contributed by atoms with Gasteiger partial charge in [0.1, 0.15) is 0 Å². The number of rotatable bonds is 2. The summed E-state index contributed by atoms with van der Waals surface area (Å²) in [5, 5.41) is 27.3. The van der Waals surface area contributed by atoms with E-state index in [0.29, 0.717) is 0 Å². The molecule has 14 nitrogen and oxygen atoms in total. The topological polar surface area (TPSA) is 293 Å². The van der Waals surface area contributed by atoms with Gasteiger partial charge in [-0.1, -0.05) is 11.8 Å². The maximum absolute atomic E-state index is 8.36. The Kier molecular flexibility index (Phi) is 73.2. The van der Waals surface area contributed by atoms with E-state index in [1.54, 1.807) is 36.5 Å². The Morgan fingerprint density at radius 1 is 0.690 bits per heavy atom. The number of hydrogen-bond donors (Lipinski definition) is 6. The first-order valence-corrected chi connectivity index (χ1v) is 5.88. The van der Waals surface area contributed by atoms with Gasteiger partial charge in [-0.2, -0.15) is 0 Å². The number of halogens is 2. The molecule has 2 heterocycles. The molecular formula is C10H24Cl2N8O6Pt2S. The molecule has 0 fully saturated rings. The van der Waals surface area contributed by atoms with E-state index in [4.69, 9.17) is 30.6 Å². The van der Waals surface area contributed by atoms with Gasteiger partial charge in [-0.3, -0.25) is 9.97 Å². The summed E-state index contributed by atoms with van der Waals surface area (Å²) in [7, 11) is 0. The molecule has 0 radical (unpaired) electrons. The van der Waals surface area contributed by atoms with Crippen LogP contribution >= 0.6 is 36.6 Å². The summed E-state index contributed by atoms with van der Waals surface area (Å²) < 4.78 is 0. The van der Waals surface area contributed by atoms with E-state index in [1.165, 1.54) is 9.79 Å². The van der Waals surface area contributed by atoms with Crippen molar-refractivity contribution in [2.24, 2.45) is 0 Å². The summed E-state index contributed by atoms with van der Waals surface area (Å²) in [6.07, 6.45) is 7.18. The van der Waals surface area contributed by atoms with Crippen LogP contribution in [-0.2, 0) is 42.1 Å². The Balaban J connectivity index is -0.0000000319. The molecule has 29 heavy (non-hydrogen) atoms. The SMILES string of the molecule is Cl.Cl.N.N.N.N.O=[N+]([O-])O.O=[N+]([O-])O.[Pt].[Pt].c1cc(Sc2ccncc2)ccn1. The molecule has 19 heteroatoms. The average Bonchev–Trinajstić information content (AvgIpc) is 2.40. The minimum Gasteiger partial charge on any atom is -0.344 e. The Hall–Kier alpha value is -1.15. The first kappa shape index (κ1) is 56.5. The standard InChI is InChI=1S/C10H8N2S.2ClH.2HNO3.4H3N.2Pt/c1-5-11-6-2-9(1)13-10-3-7-12-8-4-10;;;2*2-1(3)4;;;;;;/h1-8H;2*1H;2*(H,2,3,4);4*1H3;;. The van der Waals surface area contributed by atoms with Crippen molar-refractivity contribution >= 4 is 36.6 Å². The van der Waals surface area contributed by atoms with E-state index < -0.39 is 10.2 Å². The van der Waals surface area contributed by atoms with Gasteiger partial charge < -0.3 is 35.0 Å². The van der Waals surface area contributed by atoms with Crippen LogP contribution in [0.5, 0.6) is 0 Å². The van der Waals surface area contributed by atoms with Gasteiger partial charge in [0, 0.05) is 76.7 Å². The number of aromatic nitrogens is 2. The molecule has 0 saturated heterocycles. The molecule has 0 unspecified atom stereocenters. The van der Waals surface area contributed by atoms with Gasteiger partial charge in [0.05, 0.1) is 0 Å². The van der Waals surface area contributed by atoms with Crippen molar-refractivity contribution in [1.82, 2.24) is 34.6 Å². The first-order valence-electron chi connectivity index (χ1n) is 5.06. The van der Waals surface area contributed by atoms with Gasteiger partial charge in [0.15, 0.2) is 0 Å². The zero-order valence-corrected chi connectivity index (χ0v) is 21.6. The minimum absolute atomic E-state index is 0.